The molecule has 6 heteroatoms. The first-order chi connectivity index (χ1) is 11.6. The Morgan fingerprint density at radius 2 is 1.75 bits per heavy atom. The van der Waals surface area contributed by atoms with Gasteiger partial charge in [-0.05, 0) is 30.5 Å². The lowest BCUT2D eigenvalue weighted by atomic mass is 10.0. The molecule has 24 heavy (non-hydrogen) atoms. The number of nitrogen functional groups attached to an aromatic ring is 2. The minimum Gasteiger partial charge on any atom is -0.496 e. The summed E-state index contributed by atoms with van der Waals surface area (Å²) in [5.74, 6) is 2.14. The molecular formula is C18H24N4O2. The molecule has 0 saturated carbocycles. The van der Waals surface area contributed by atoms with E-state index in [1.807, 2.05) is 12.1 Å². The highest BCUT2D eigenvalue weighted by molar-refractivity contribution is 5.52. The number of anilines is 2. The standard InChI is InChI=1S/C18H24N4O2/c1-4-5-6-7-14-15(23-2)9-12(10-16(14)24-3)8-13-11-21-18(20)22-17(13)19/h5-6,9-11H,4,7-8H2,1-3H3,(H4,19,20,21,22)/b6-5+. The second-order valence-electron chi connectivity index (χ2n) is 5.38. The second-order valence-corrected chi connectivity index (χ2v) is 5.38. The predicted octanol–water partition coefficient (Wildman–Crippen LogP) is 2.76. The molecule has 0 aliphatic carbocycles. The maximum absolute atomic E-state index is 5.92. The molecule has 0 fully saturated rings. The monoisotopic (exact) mass is 328 g/mol. The van der Waals surface area contributed by atoms with Gasteiger partial charge in [0, 0.05) is 23.7 Å². The fourth-order valence-corrected chi connectivity index (χ4v) is 2.50. The highest BCUT2D eigenvalue weighted by Gasteiger charge is 2.13. The van der Waals surface area contributed by atoms with E-state index in [9.17, 15) is 0 Å². The van der Waals surface area contributed by atoms with Crippen LogP contribution in [0.4, 0.5) is 11.8 Å². The van der Waals surface area contributed by atoms with Crippen LogP contribution in [-0.4, -0.2) is 24.2 Å². The summed E-state index contributed by atoms with van der Waals surface area (Å²) < 4.78 is 11.1. The molecule has 4 N–H and O–H groups in total. The van der Waals surface area contributed by atoms with Crippen LogP contribution in [0.2, 0.25) is 0 Å². The van der Waals surface area contributed by atoms with Crippen molar-refractivity contribution < 1.29 is 9.47 Å². The van der Waals surface area contributed by atoms with Gasteiger partial charge in [-0.3, -0.25) is 0 Å². The van der Waals surface area contributed by atoms with E-state index >= 15 is 0 Å². The molecule has 6 nitrogen and oxygen atoms in total. The highest BCUT2D eigenvalue weighted by atomic mass is 16.5. The molecule has 1 heterocycles. The van der Waals surface area contributed by atoms with Gasteiger partial charge in [0.2, 0.25) is 5.95 Å². The molecule has 1 aromatic heterocycles. The number of nitrogens with zero attached hydrogens (tertiary/aromatic N) is 2. The summed E-state index contributed by atoms with van der Waals surface area (Å²) in [6, 6.07) is 3.99. The number of methoxy groups -OCH3 is 2. The quantitative estimate of drug-likeness (QED) is 0.759. The summed E-state index contributed by atoms with van der Waals surface area (Å²) in [4.78, 5) is 8.00. The Balaban J connectivity index is 2.36. The van der Waals surface area contributed by atoms with E-state index in [0.29, 0.717) is 12.2 Å². The summed E-state index contributed by atoms with van der Waals surface area (Å²) >= 11 is 0. The van der Waals surface area contributed by atoms with Crippen molar-refractivity contribution in [2.45, 2.75) is 26.2 Å². The minimum atomic E-state index is 0.171. The molecule has 0 bridgehead atoms. The van der Waals surface area contributed by atoms with Crippen LogP contribution in [0, 0.1) is 0 Å². The van der Waals surface area contributed by atoms with Gasteiger partial charge in [0.05, 0.1) is 14.2 Å². The van der Waals surface area contributed by atoms with Gasteiger partial charge in [0.1, 0.15) is 17.3 Å². The number of rotatable bonds is 7. The van der Waals surface area contributed by atoms with Gasteiger partial charge in [-0.2, -0.15) is 4.98 Å². The van der Waals surface area contributed by atoms with E-state index in [-0.39, 0.29) is 5.95 Å². The van der Waals surface area contributed by atoms with Crippen LogP contribution < -0.4 is 20.9 Å². The van der Waals surface area contributed by atoms with Crippen molar-refractivity contribution in [3.8, 4) is 11.5 Å². The average Bonchev–Trinajstić information content (AvgIpc) is 2.58. The van der Waals surface area contributed by atoms with Crippen LogP contribution in [-0.2, 0) is 12.8 Å². The van der Waals surface area contributed by atoms with E-state index < -0.39 is 0 Å². The van der Waals surface area contributed by atoms with Gasteiger partial charge in [-0.25, -0.2) is 4.98 Å². The molecule has 0 aliphatic rings. The van der Waals surface area contributed by atoms with Crippen LogP contribution in [0.25, 0.3) is 0 Å². The smallest absolute Gasteiger partial charge is 0.221 e. The largest absolute Gasteiger partial charge is 0.496 e. The lowest BCUT2D eigenvalue weighted by Gasteiger charge is -2.15. The number of benzene rings is 1. The molecule has 0 unspecified atom stereocenters. The van der Waals surface area contributed by atoms with Gasteiger partial charge in [0.15, 0.2) is 0 Å². The molecule has 0 amide bonds. The Kier molecular flexibility index (Phi) is 6.01. The van der Waals surface area contributed by atoms with Crippen molar-refractivity contribution in [1.29, 1.82) is 0 Å². The Morgan fingerprint density at radius 1 is 1.08 bits per heavy atom. The van der Waals surface area contributed by atoms with E-state index in [1.54, 1.807) is 20.4 Å². The third kappa shape index (κ3) is 4.16. The SMILES string of the molecule is CC/C=C/Cc1c(OC)cc(Cc2cnc(N)nc2N)cc1OC. The van der Waals surface area contributed by atoms with Crippen LogP contribution in [0.15, 0.2) is 30.5 Å². The normalized spacial score (nSPS) is 11.0. The van der Waals surface area contributed by atoms with Crippen LogP contribution >= 0.6 is 0 Å². The number of hydrogen-bond donors (Lipinski definition) is 2. The first-order valence-electron chi connectivity index (χ1n) is 7.84. The van der Waals surface area contributed by atoms with E-state index in [0.717, 1.165) is 41.0 Å². The van der Waals surface area contributed by atoms with Crippen LogP contribution in [0.5, 0.6) is 11.5 Å². The van der Waals surface area contributed by atoms with Crippen molar-refractivity contribution >= 4 is 11.8 Å². The molecule has 2 rings (SSSR count). The van der Waals surface area contributed by atoms with E-state index in [2.05, 4.69) is 29.0 Å². The molecule has 0 saturated heterocycles. The third-order valence-electron chi connectivity index (χ3n) is 3.70. The van der Waals surface area contributed by atoms with Crippen LogP contribution in [0.1, 0.15) is 30.0 Å². The molecule has 0 atom stereocenters. The number of aromatic nitrogens is 2. The third-order valence-corrected chi connectivity index (χ3v) is 3.70. The molecule has 128 valence electrons. The van der Waals surface area contributed by atoms with Crippen LogP contribution in [0.3, 0.4) is 0 Å². The van der Waals surface area contributed by atoms with Crippen molar-refractivity contribution in [1.82, 2.24) is 9.97 Å². The lowest BCUT2D eigenvalue weighted by molar-refractivity contribution is 0.386. The Labute approximate surface area is 142 Å². The fraction of sp³-hybridized carbons (Fsp3) is 0.333. The maximum Gasteiger partial charge on any atom is 0.221 e. The number of hydrogen-bond acceptors (Lipinski definition) is 6. The van der Waals surface area contributed by atoms with Crippen molar-refractivity contribution in [3.63, 3.8) is 0 Å². The van der Waals surface area contributed by atoms with Gasteiger partial charge in [-0.1, -0.05) is 19.1 Å². The van der Waals surface area contributed by atoms with Crippen molar-refractivity contribution in [2.75, 3.05) is 25.7 Å². The van der Waals surface area contributed by atoms with Gasteiger partial charge < -0.3 is 20.9 Å². The van der Waals surface area contributed by atoms with E-state index in [4.69, 9.17) is 20.9 Å². The molecule has 0 radical (unpaired) electrons. The molecular weight excluding hydrogens is 304 g/mol. The fourth-order valence-electron chi connectivity index (χ4n) is 2.50. The summed E-state index contributed by atoms with van der Waals surface area (Å²) in [7, 11) is 3.32. The summed E-state index contributed by atoms with van der Waals surface area (Å²) in [5, 5.41) is 0. The maximum atomic E-state index is 5.92. The zero-order valence-electron chi connectivity index (χ0n) is 14.4. The van der Waals surface area contributed by atoms with Gasteiger partial charge in [0.25, 0.3) is 0 Å². The second kappa shape index (κ2) is 8.19. The summed E-state index contributed by atoms with van der Waals surface area (Å²) in [5.41, 5.74) is 14.3. The highest BCUT2D eigenvalue weighted by Crippen LogP contribution is 2.32. The first kappa shape index (κ1) is 17.6. The summed E-state index contributed by atoms with van der Waals surface area (Å²) in [6.07, 6.45) is 8.22. The summed E-state index contributed by atoms with van der Waals surface area (Å²) in [6.45, 7) is 2.10. The Bertz CT molecular complexity index is 704. The minimum absolute atomic E-state index is 0.171. The number of allylic oxidation sites excluding steroid dienone is 2. The average molecular weight is 328 g/mol. The van der Waals surface area contributed by atoms with Gasteiger partial charge >= 0.3 is 0 Å². The number of ether oxygens (including phenoxy) is 2. The lowest BCUT2D eigenvalue weighted by Crippen LogP contribution is -2.05. The number of nitrogens with two attached hydrogens (primary N) is 2. The molecule has 0 spiro atoms. The first-order valence-corrected chi connectivity index (χ1v) is 7.84. The van der Waals surface area contributed by atoms with Crippen molar-refractivity contribution in [2.24, 2.45) is 0 Å². The van der Waals surface area contributed by atoms with E-state index in [1.165, 1.54) is 0 Å². The predicted molar refractivity (Wildman–Crippen MR) is 96.3 cm³/mol. The zero-order valence-corrected chi connectivity index (χ0v) is 14.4. The zero-order chi connectivity index (χ0) is 17.5. The molecule has 2 aromatic rings. The topological polar surface area (TPSA) is 96.3 Å². The van der Waals surface area contributed by atoms with Gasteiger partial charge in [-0.15, -0.1) is 0 Å². The Morgan fingerprint density at radius 3 is 2.29 bits per heavy atom. The Hall–Kier alpha value is -2.76. The molecule has 0 aliphatic heterocycles. The molecule has 1 aromatic carbocycles. The van der Waals surface area contributed by atoms with Crippen molar-refractivity contribution in [3.05, 3.63) is 47.2 Å².